The first-order valence-corrected chi connectivity index (χ1v) is 5.86. The third-order valence-corrected chi connectivity index (χ3v) is 2.94. The molecule has 1 unspecified atom stereocenters. The number of hydrogen-bond acceptors (Lipinski definition) is 2. The molecule has 0 bridgehead atoms. The number of benzene rings is 1. The lowest BCUT2D eigenvalue weighted by Crippen LogP contribution is -2.53. The minimum atomic E-state index is -6.34. The number of hydrogen-bond donors (Lipinski definition) is 1. The zero-order valence-corrected chi connectivity index (χ0v) is 10.8. The van der Waals surface area contributed by atoms with Crippen LogP contribution < -0.4 is 5.32 Å². The molecule has 1 aromatic carbocycles. The van der Waals surface area contributed by atoms with Crippen molar-refractivity contribution < 1.29 is 39.9 Å². The van der Waals surface area contributed by atoms with Gasteiger partial charge in [-0.15, -0.1) is 0 Å². The number of alkyl halides is 8. The SMILES string of the molecule is O=C1Nc2ccccc2N=C(C(F)(F)C(F)(F)F)C1C(F)(F)F. The van der Waals surface area contributed by atoms with Crippen molar-refractivity contribution in [3.05, 3.63) is 24.3 Å². The molecule has 126 valence electrons. The van der Waals surface area contributed by atoms with Gasteiger partial charge < -0.3 is 5.32 Å². The zero-order chi connectivity index (χ0) is 17.6. The van der Waals surface area contributed by atoms with Gasteiger partial charge in [0.1, 0.15) is 5.71 Å². The molecule has 1 aliphatic rings. The fourth-order valence-electron chi connectivity index (χ4n) is 1.90. The van der Waals surface area contributed by atoms with Gasteiger partial charge in [-0.25, -0.2) is 4.99 Å². The molecule has 11 heteroatoms. The third kappa shape index (κ3) is 2.99. The first-order valence-electron chi connectivity index (χ1n) is 5.86. The number of rotatable bonds is 1. The van der Waals surface area contributed by atoms with Gasteiger partial charge in [-0.2, -0.15) is 35.1 Å². The van der Waals surface area contributed by atoms with Crippen molar-refractivity contribution in [3.63, 3.8) is 0 Å². The van der Waals surface area contributed by atoms with E-state index in [1.807, 2.05) is 0 Å². The molecule has 0 spiro atoms. The average molecular weight is 346 g/mol. The maximum atomic E-state index is 13.5. The van der Waals surface area contributed by atoms with E-state index < -0.39 is 47.2 Å². The van der Waals surface area contributed by atoms with Gasteiger partial charge in [0.25, 0.3) is 0 Å². The number of halogens is 8. The number of carbonyl (C=O) groups excluding carboxylic acids is 1. The van der Waals surface area contributed by atoms with E-state index in [-0.39, 0.29) is 0 Å². The number of para-hydroxylation sites is 2. The lowest BCUT2D eigenvalue weighted by Gasteiger charge is -2.26. The van der Waals surface area contributed by atoms with E-state index in [0.29, 0.717) is 0 Å². The fraction of sp³-hybridized carbons (Fsp3) is 0.333. The van der Waals surface area contributed by atoms with E-state index in [4.69, 9.17) is 0 Å². The summed E-state index contributed by atoms with van der Waals surface area (Å²) in [5.74, 6) is -11.7. The first kappa shape index (κ1) is 17.2. The van der Waals surface area contributed by atoms with Crippen molar-refractivity contribution in [1.29, 1.82) is 0 Å². The van der Waals surface area contributed by atoms with Crippen molar-refractivity contribution in [2.75, 3.05) is 5.32 Å². The van der Waals surface area contributed by atoms with Crippen LogP contribution in [-0.2, 0) is 4.79 Å². The van der Waals surface area contributed by atoms with E-state index in [9.17, 15) is 39.9 Å². The number of amides is 1. The van der Waals surface area contributed by atoms with Crippen LogP contribution >= 0.6 is 0 Å². The van der Waals surface area contributed by atoms with Crippen LogP contribution in [0.25, 0.3) is 0 Å². The van der Waals surface area contributed by atoms with Crippen molar-refractivity contribution in [2.24, 2.45) is 10.9 Å². The summed E-state index contributed by atoms with van der Waals surface area (Å²) in [4.78, 5) is 14.4. The molecular weight excluding hydrogens is 340 g/mol. The lowest BCUT2D eigenvalue weighted by molar-refractivity contribution is -0.253. The van der Waals surface area contributed by atoms with Gasteiger partial charge >= 0.3 is 18.3 Å². The molecule has 0 saturated carbocycles. The van der Waals surface area contributed by atoms with Gasteiger partial charge in [0.15, 0.2) is 5.92 Å². The fourth-order valence-corrected chi connectivity index (χ4v) is 1.90. The molecule has 1 aliphatic heterocycles. The topological polar surface area (TPSA) is 41.5 Å². The predicted molar refractivity (Wildman–Crippen MR) is 62.7 cm³/mol. The molecule has 1 heterocycles. The monoisotopic (exact) mass is 346 g/mol. The Kier molecular flexibility index (Phi) is 3.86. The minimum absolute atomic E-state index is 0.403. The van der Waals surface area contributed by atoms with E-state index in [1.54, 1.807) is 5.32 Å². The number of carbonyl (C=O) groups is 1. The molecular formula is C12H6F8N2O. The number of nitrogens with one attached hydrogen (secondary N) is 1. The second kappa shape index (κ2) is 5.17. The van der Waals surface area contributed by atoms with E-state index in [2.05, 4.69) is 4.99 Å². The Balaban J connectivity index is 2.73. The largest absolute Gasteiger partial charge is 0.459 e. The van der Waals surface area contributed by atoms with Crippen molar-refractivity contribution in [2.45, 2.75) is 18.3 Å². The molecule has 0 saturated heterocycles. The third-order valence-electron chi connectivity index (χ3n) is 2.94. The summed E-state index contributed by atoms with van der Waals surface area (Å²) in [6.45, 7) is 0. The van der Waals surface area contributed by atoms with Crippen LogP contribution in [0.4, 0.5) is 46.5 Å². The standard InChI is InChI=1S/C12H6F8N2O/c13-10(14,12(18,19)20)8-7(11(15,16)17)9(23)22-6-4-2-1-3-5(6)21-8/h1-4,7H,(H,22,23). The summed E-state index contributed by atoms with van der Waals surface area (Å²) in [5, 5.41) is 1.66. The highest BCUT2D eigenvalue weighted by Gasteiger charge is 2.67. The Bertz CT molecular complexity index is 662. The highest BCUT2D eigenvalue weighted by atomic mass is 19.4. The Morgan fingerprint density at radius 3 is 2.04 bits per heavy atom. The summed E-state index contributed by atoms with van der Waals surface area (Å²) in [5.41, 5.74) is -3.65. The Morgan fingerprint density at radius 1 is 0.957 bits per heavy atom. The molecule has 0 fully saturated rings. The van der Waals surface area contributed by atoms with E-state index >= 15 is 0 Å². The molecule has 0 radical (unpaired) electrons. The maximum Gasteiger partial charge on any atom is 0.459 e. The quantitative estimate of drug-likeness (QED) is 0.765. The zero-order valence-electron chi connectivity index (χ0n) is 10.8. The van der Waals surface area contributed by atoms with Crippen LogP contribution in [0.1, 0.15) is 0 Å². The van der Waals surface area contributed by atoms with Gasteiger partial charge in [0.05, 0.1) is 11.4 Å². The maximum absolute atomic E-state index is 13.5. The number of anilines is 1. The first-order chi connectivity index (χ1) is 10.4. The summed E-state index contributed by atoms with van der Waals surface area (Å²) < 4.78 is 103. The van der Waals surface area contributed by atoms with Crippen molar-refractivity contribution in [3.8, 4) is 0 Å². The number of fused-ring (bicyclic) bond motifs is 1. The Labute approximate surface area is 123 Å². The molecule has 1 atom stereocenters. The molecule has 1 N–H and O–H groups in total. The van der Waals surface area contributed by atoms with Crippen molar-refractivity contribution >= 4 is 23.0 Å². The smallest absolute Gasteiger partial charge is 0.323 e. The molecule has 2 rings (SSSR count). The summed E-state index contributed by atoms with van der Waals surface area (Å²) in [6, 6.07) is 4.33. The van der Waals surface area contributed by atoms with Crippen LogP contribution in [0.2, 0.25) is 0 Å². The highest BCUT2D eigenvalue weighted by molar-refractivity contribution is 6.16. The second-order valence-corrected chi connectivity index (χ2v) is 4.55. The summed E-state index contributed by atoms with van der Waals surface area (Å²) in [7, 11) is 0. The second-order valence-electron chi connectivity index (χ2n) is 4.55. The van der Waals surface area contributed by atoms with Crippen LogP contribution in [0.15, 0.2) is 29.3 Å². The normalized spacial score (nSPS) is 19.6. The average Bonchev–Trinajstić information content (AvgIpc) is 2.52. The van der Waals surface area contributed by atoms with E-state index in [1.165, 1.54) is 6.07 Å². The summed E-state index contributed by atoms with van der Waals surface area (Å²) in [6.07, 6.45) is -12.0. The predicted octanol–water partition coefficient (Wildman–Crippen LogP) is 4.09. The van der Waals surface area contributed by atoms with Crippen LogP contribution in [0.5, 0.6) is 0 Å². The van der Waals surface area contributed by atoms with Crippen molar-refractivity contribution in [1.82, 2.24) is 0 Å². The van der Waals surface area contributed by atoms with Crippen LogP contribution in [-0.4, -0.2) is 29.9 Å². The van der Waals surface area contributed by atoms with E-state index in [0.717, 1.165) is 18.2 Å². The Hall–Kier alpha value is -2.20. The molecule has 0 aromatic heterocycles. The van der Waals surface area contributed by atoms with Gasteiger partial charge in [-0.05, 0) is 12.1 Å². The molecule has 1 aromatic rings. The van der Waals surface area contributed by atoms with Crippen LogP contribution in [0.3, 0.4) is 0 Å². The van der Waals surface area contributed by atoms with Gasteiger partial charge in [0.2, 0.25) is 5.91 Å². The molecule has 3 nitrogen and oxygen atoms in total. The lowest BCUT2D eigenvalue weighted by atomic mass is 9.96. The minimum Gasteiger partial charge on any atom is -0.323 e. The van der Waals surface area contributed by atoms with Gasteiger partial charge in [0, 0.05) is 0 Å². The van der Waals surface area contributed by atoms with Crippen LogP contribution in [0, 0.1) is 5.92 Å². The molecule has 23 heavy (non-hydrogen) atoms. The number of aliphatic imine (C=N–C) groups is 1. The molecule has 0 aliphatic carbocycles. The Morgan fingerprint density at radius 2 is 1.52 bits per heavy atom. The van der Waals surface area contributed by atoms with Gasteiger partial charge in [-0.1, -0.05) is 12.1 Å². The molecule has 1 amide bonds. The summed E-state index contributed by atoms with van der Waals surface area (Å²) >= 11 is 0. The highest BCUT2D eigenvalue weighted by Crippen LogP contribution is 2.45. The number of nitrogens with zero attached hydrogens (tertiary/aromatic N) is 1. The van der Waals surface area contributed by atoms with Gasteiger partial charge in [-0.3, -0.25) is 4.79 Å².